The van der Waals surface area contributed by atoms with Gasteiger partial charge < -0.3 is 9.67 Å². The highest BCUT2D eigenvalue weighted by atomic mass is 16.3. The normalized spacial score (nSPS) is 11.4. The first-order valence-corrected chi connectivity index (χ1v) is 8.35. The predicted molar refractivity (Wildman–Crippen MR) is 102 cm³/mol. The SMILES string of the molecule is Cn1ccc2cc(-n3cc4ccc(-c5cncnc5)cc4c3O)ccc21. The van der Waals surface area contributed by atoms with Crippen molar-refractivity contribution >= 4 is 21.7 Å². The molecule has 0 fully saturated rings. The van der Waals surface area contributed by atoms with E-state index in [1.54, 1.807) is 12.4 Å². The Hall–Kier alpha value is -3.60. The van der Waals surface area contributed by atoms with Gasteiger partial charge in [-0.1, -0.05) is 12.1 Å². The molecule has 3 aromatic heterocycles. The van der Waals surface area contributed by atoms with E-state index in [9.17, 15) is 5.11 Å². The number of aromatic hydroxyl groups is 1. The number of benzene rings is 2. The minimum absolute atomic E-state index is 0.231. The third-order valence-corrected chi connectivity index (χ3v) is 4.83. The van der Waals surface area contributed by atoms with Gasteiger partial charge in [-0.05, 0) is 35.9 Å². The van der Waals surface area contributed by atoms with Crippen LogP contribution in [0.25, 0.3) is 38.5 Å². The summed E-state index contributed by atoms with van der Waals surface area (Å²) in [4.78, 5) is 8.13. The first-order valence-electron chi connectivity index (χ1n) is 8.35. The molecule has 0 aliphatic heterocycles. The van der Waals surface area contributed by atoms with Crippen LogP contribution in [-0.4, -0.2) is 24.2 Å². The molecule has 5 rings (SSSR count). The molecule has 0 spiro atoms. The van der Waals surface area contributed by atoms with Crippen molar-refractivity contribution in [3.8, 4) is 22.7 Å². The average molecular weight is 340 g/mol. The van der Waals surface area contributed by atoms with Crippen molar-refractivity contribution in [3.63, 3.8) is 0 Å². The zero-order chi connectivity index (χ0) is 17.7. The van der Waals surface area contributed by atoms with Gasteiger partial charge in [-0.3, -0.25) is 4.57 Å². The summed E-state index contributed by atoms with van der Waals surface area (Å²) in [6, 6.07) is 14.3. The van der Waals surface area contributed by atoms with Gasteiger partial charge in [0.2, 0.25) is 5.88 Å². The summed E-state index contributed by atoms with van der Waals surface area (Å²) < 4.78 is 3.90. The molecule has 26 heavy (non-hydrogen) atoms. The molecular formula is C21H16N4O. The Balaban J connectivity index is 1.67. The van der Waals surface area contributed by atoms with Crippen LogP contribution in [0.5, 0.6) is 5.88 Å². The average Bonchev–Trinajstić information content (AvgIpc) is 3.22. The highest BCUT2D eigenvalue weighted by Crippen LogP contribution is 2.34. The molecule has 0 atom stereocenters. The molecular weight excluding hydrogens is 324 g/mol. The van der Waals surface area contributed by atoms with Gasteiger partial charge in [0.25, 0.3) is 0 Å². The van der Waals surface area contributed by atoms with Crippen molar-refractivity contribution < 1.29 is 5.11 Å². The molecule has 126 valence electrons. The van der Waals surface area contributed by atoms with E-state index in [1.807, 2.05) is 48.3 Å². The van der Waals surface area contributed by atoms with E-state index >= 15 is 0 Å². The van der Waals surface area contributed by atoms with Crippen molar-refractivity contribution in [2.24, 2.45) is 7.05 Å². The van der Waals surface area contributed by atoms with Crippen LogP contribution in [0.1, 0.15) is 0 Å². The van der Waals surface area contributed by atoms with Gasteiger partial charge >= 0.3 is 0 Å². The van der Waals surface area contributed by atoms with Crippen LogP contribution in [0.3, 0.4) is 0 Å². The van der Waals surface area contributed by atoms with Crippen LogP contribution >= 0.6 is 0 Å². The molecule has 0 unspecified atom stereocenters. The lowest BCUT2D eigenvalue weighted by atomic mass is 10.1. The molecule has 2 aromatic carbocycles. The fourth-order valence-corrected chi connectivity index (χ4v) is 3.44. The van der Waals surface area contributed by atoms with E-state index in [0.717, 1.165) is 38.5 Å². The quantitative estimate of drug-likeness (QED) is 0.522. The predicted octanol–water partition coefficient (Wildman–Crippen LogP) is 4.28. The number of hydrogen-bond donors (Lipinski definition) is 1. The number of aryl methyl sites for hydroxylation is 1. The molecule has 5 aromatic rings. The van der Waals surface area contributed by atoms with Crippen LogP contribution in [0.4, 0.5) is 0 Å². The highest BCUT2D eigenvalue weighted by Gasteiger charge is 2.12. The smallest absolute Gasteiger partial charge is 0.203 e. The molecule has 0 aliphatic carbocycles. The zero-order valence-corrected chi connectivity index (χ0v) is 14.2. The maximum absolute atomic E-state index is 10.8. The molecule has 0 bridgehead atoms. The van der Waals surface area contributed by atoms with Crippen molar-refractivity contribution in [2.75, 3.05) is 0 Å². The second kappa shape index (κ2) is 5.46. The summed E-state index contributed by atoms with van der Waals surface area (Å²) in [5.74, 6) is 0.231. The van der Waals surface area contributed by atoms with Crippen molar-refractivity contribution in [1.82, 2.24) is 19.1 Å². The van der Waals surface area contributed by atoms with E-state index in [2.05, 4.69) is 32.7 Å². The van der Waals surface area contributed by atoms with E-state index in [0.29, 0.717) is 0 Å². The third kappa shape index (κ3) is 2.18. The first kappa shape index (κ1) is 14.7. The van der Waals surface area contributed by atoms with Gasteiger partial charge in [-0.15, -0.1) is 0 Å². The van der Waals surface area contributed by atoms with E-state index in [4.69, 9.17) is 0 Å². The van der Waals surface area contributed by atoms with Crippen molar-refractivity contribution in [1.29, 1.82) is 0 Å². The molecule has 0 amide bonds. The number of hydrogen-bond acceptors (Lipinski definition) is 3. The maximum Gasteiger partial charge on any atom is 0.203 e. The summed E-state index contributed by atoms with van der Waals surface area (Å²) in [6.45, 7) is 0. The summed E-state index contributed by atoms with van der Waals surface area (Å²) >= 11 is 0. The second-order valence-corrected chi connectivity index (χ2v) is 6.42. The molecule has 0 radical (unpaired) electrons. The Morgan fingerprint density at radius 1 is 0.885 bits per heavy atom. The lowest BCUT2D eigenvalue weighted by Gasteiger charge is -2.06. The van der Waals surface area contributed by atoms with Gasteiger partial charge in [0.1, 0.15) is 6.33 Å². The summed E-state index contributed by atoms with van der Waals surface area (Å²) in [7, 11) is 2.03. The van der Waals surface area contributed by atoms with Gasteiger partial charge in [-0.2, -0.15) is 0 Å². The van der Waals surface area contributed by atoms with Gasteiger partial charge in [0, 0.05) is 64.8 Å². The minimum atomic E-state index is 0.231. The number of aromatic nitrogens is 4. The molecule has 0 saturated heterocycles. The molecule has 0 aliphatic rings. The minimum Gasteiger partial charge on any atom is -0.494 e. The fraction of sp³-hybridized carbons (Fsp3) is 0.0476. The second-order valence-electron chi connectivity index (χ2n) is 6.42. The molecule has 3 heterocycles. The van der Waals surface area contributed by atoms with Crippen LogP contribution in [-0.2, 0) is 7.05 Å². The third-order valence-electron chi connectivity index (χ3n) is 4.83. The van der Waals surface area contributed by atoms with Gasteiger partial charge in [0.15, 0.2) is 0 Å². The standard InChI is InChI=1S/C21H16N4O/c1-24-7-6-15-8-18(4-5-20(15)24)25-12-16-3-2-14(9-19(16)21(25)26)17-10-22-13-23-11-17/h2-13,26H,1H3. The first-order chi connectivity index (χ1) is 12.7. The van der Waals surface area contributed by atoms with E-state index < -0.39 is 0 Å². The van der Waals surface area contributed by atoms with Gasteiger partial charge in [0.05, 0.1) is 0 Å². The van der Waals surface area contributed by atoms with Crippen molar-refractivity contribution in [3.05, 3.63) is 73.6 Å². The highest BCUT2D eigenvalue weighted by molar-refractivity contribution is 5.93. The number of fused-ring (bicyclic) bond motifs is 2. The van der Waals surface area contributed by atoms with Gasteiger partial charge in [-0.25, -0.2) is 9.97 Å². The summed E-state index contributed by atoms with van der Waals surface area (Å²) in [6.07, 6.45) is 9.04. The largest absolute Gasteiger partial charge is 0.494 e. The monoisotopic (exact) mass is 340 g/mol. The van der Waals surface area contributed by atoms with Crippen LogP contribution in [0.15, 0.2) is 73.6 Å². The molecule has 5 heteroatoms. The van der Waals surface area contributed by atoms with Crippen molar-refractivity contribution in [2.45, 2.75) is 0 Å². The number of rotatable bonds is 2. The Kier molecular flexibility index (Phi) is 3.09. The molecule has 1 N–H and O–H groups in total. The molecule has 5 nitrogen and oxygen atoms in total. The lowest BCUT2D eigenvalue weighted by molar-refractivity contribution is 0.448. The van der Waals surface area contributed by atoms with Crippen LogP contribution in [0, 0.1) is 0 Å². The summed E-state index contributed by atoms with van der Waals surface area (Å²) in [5.41, 5.74) is 4.00. The maximum atomic E-state index is 10.8. The Bertz CT molecular complexity index is 1250. The fourth-order valence-electron chi connectivity index (χ4n) is 3.44. The Morgan fingerprint density at radius 3 is 2.58 bits per heavy atom. The Labute approximate surface area is 149 Å². The molecule has 0 saturated carbocycles. The van der Waals surface area contributed by atoms with Crippen LogP contribution in [0.2, 0.25) is 0 Å². The van der Waals surface area contributed by atoms with Crippen LogP contribution < -0.4 is 0 Å². The van der Waals surface area contributed by atoms with E-state index in [1.165, 1.54) is 6.33 Å². The Morgan fingerprint density at radius 2 is 1.73 bits per heavy atom. The van der Waals surface area contributed by atoms with E-state index in [-0.39, 0.29) is 5.88 Å². The topological polar surface area (TPSA) is 55.9 Å². The zero-order valence-electron chi connectivity index (χ0n) is 14.2. The summed E-state index contributed by atoms with van der Waals surface area (Å²) in [5, 5.41) is 13.7. The number of nitrogens with zero attached hydrogens (tertiary/aromatic N) is 4. The lowest BCUT2D eigenvalue weighted by Crippen LogP contribution is -1.91.